The maximum atomic E-state index is 5.95. The second-order valence-electron chi connectivity index (χ2n) is 4.50. The van der Waals surface area contributed by atoms with E-state index in [1.807, 2.05) is 13.8 Å². The van der Waals surface area contributed by atoms with E-state index >= 15 is 0 Å². The maximum absolute atomic E-state index is 5.95. The van der Waals surface area contributed by atoms with Crippen molar-refractivity contribution in [3.8, 4) is 5.88 Å². The number of aromatic nitrogens is 2. The van der Waals surface area contributed by atoms with Gasteiger partial charge in [-0.15, -0.1) is 0 Å². The lowest BCUT2D eigenvalue weighted by molar-refractivity contribution is 0.134. The first-order valence-corrected chi connectivity index (χ1v) is 6.73. The van der Waals surface area contributed by atoms with Gasteiger partial charge in [0, 0.05) is 19.8 Å². The zero-order chi connectivity index (χ0) is 14.1. The van der Waals surface area contributed by atoms with E-state index in [9.17, 15) is 0 Å². The van der Waals surface area contributed by atoms with Gasteiger partial charge in [-0.05, 0) is 26.7 Å². The summed E-state index contributed by atoms with van der Waals surface area (Å²) in [7, 11) is 0. The Morgan fingerprint density at radius 2 is 2.11 bits per heavy atom. The number of rotatable bonds is 9. The number of ether oxygens (including phenoxy) is 2. The van der Waals surface area contributed by atoms with Gasteiger partial charge in [-0.25, -0.2) is 4.98 Å². The van der Waals surface area contributed by atoms with Gasteiger partial charge in [0.2, 0.25) is 5.88 Å². The van der Waals surface area contributed by atoms with Crippen LogP contribution in [-0.2, 0) is 4.74 Å². The lowest BCUT2D eigenvalue weighted by Crippen LogP contribution is -2.13. The molecule has 0 saturated heterocycles. The fourth-order valence-electron chi connectivity index (χ4n) is 1.46. The molecule has 0 aliphatic heterocycles. The van der Waals surface area contributed by atoms with Crippen LogP contribution in [0, 0.1) is 0 Å². The van der Waals surface area contributed by atoms with Crippen LogP contribution in [0.5, 0.6) is 5.88 Å². The van der Waals surface area contributed by atoms with Crippen molar-refractivity contribution < 1.29 is 9.47 Å². The number of hydrogen-bond donors (Lipinski definition) is 2. The van der Waals surface area contributed by atoms with Crippen molar-refractivity contribution >= 4 is 11.5 Å². The SMILES string of the molecule is CCCOCCCNc1ncnc(OC(C)C)c1N. The summed E-state index contributed by atoms with van der Waals surface area (Å²) in [6.07, 6.45) is 3.43. The van der Waals surface area contributed by atoms with E-state index in [1.165, 1.54) is 6.33 Å². The first-order chi connectivity index (χ1) is 9.15. The Bertz CT molecular complexity index is 372. The third-order valence-corrected chi connectivity index (χ3v) is 2.30. The van der Waals surface area contributed by atoms with Gasteiger partial charge < -0.3 is 20.5 Å². The van der Waals surface area contributed by atoms with Crippen molar-refractivity contribution in [1.29, 1.82) is 0 Å². The van der Waals surface area contributed by atoms with Gasteiger partial charge in [0.1, 0.15) is 12.0 Å². The molecule has 1 heterocycles. The molecule has 3 N–H and O–H groups in total. The summed E-state index contributed by atoms with van der Waals surface area (Å²) in [6.45, 7) is 8.25. The highest BCUT2D eigenvalue weighted by Crippen LogP contribution is 2.25. The molecule has 0 amide bonds. The second-order valence-corrected chi connectivity index (χ2v) is 4.50. The van der Waals surface area contributed by atoms with Crippen LogP contribution in [-0.4, -0.2) is 35.8 Å². The normalized spacial score (nSPS) is 10.7. The molecule has 0 spiro atoms. The maximum Gasteiger partial charge on any atom is 0.242 e. The van der Waals surface area contributed by atoms with Crippen molar-refractivity contribution in [2.45, 2.75) is 39.7 Å². The third-order valence-electron chi connectivity index (χ3n) is 2.30. The molecule has 0 radical (unpaired) electrons. The summed E-state index contributed by atoms with van der Waals surface area (Å²) in [5, 5.41) is 3.17. The van der Waals surface area contributed by atoms with Gasteiger partial charge >= 0.3 is 0 Å². The molecule has 0 bridgehead atoms. The second kappa shape index (κ2) is 8.53. The Balaban J connectivity index is 2.41. The molecule has 0 fully saturated rings. The summed E-state index contributed by atoms with van der Waals surface area (Å²) >= 11 is 0. The first kappa shape index (κ1) is 15.5. The molecule has 1 aromatic heterocycles. The zero-order valence-electron chi connectivity index (χ0n) is 12.0. The molecular weight excluding hydrogens is 244 g/mol. The van der Waals surface area contributed by atoms with Crippen LogP contribution in [0.25, 0.3) is 0 Å². The van der Waals surface area contributed by atoms with Gasteiger partial charge in [-0.2, -0.15) is 4.98 Å². The summed E-state index contributed by atoms with van der Waals surface area (Å²) in [6, 6.07) is 0. The van der Waals surface area contributed by atoms with Gasteiger partial charge in [-0.3, -0.25) is 0 Å². The smallest absolute Gasteiger partial charge is 0.242 e. The molecule has 0 aromatic carbocycles. The lowest BCUT2D eigenvalue weighted by Gasteiger charge is -2.13. The van der Waals surface area contributed by atoms with Crippen LogP contribution in [0.4, 0.5) is 11.5 Å². The van der Waals surface area contributed by atoms with E-state index in [0.717, 1.165) is 32.6 Å². The van der Waals surface area contributed by atoms with Crippen LogP contribution in [0.1, 0.15) is 33.6 Å². The van der Waals surface area contributed by atoms with Crippen molar-refractivity contribution in [3.63, 3.8) is 0 Å². The predicted octanol–water partition coefficient (Wildman–Crippen LogP) is 2.07. The molecule has 0 aliphatic carbocycles. The first-order valence-electron chi connectivity index (χ1n) is 6.73. The molecule has 19 heavy (non-hydrogen) atoms. The number of nitrogen functional groups attached to an aromatic ring is 1. The van der Waals surface area contributed by atoms with Crippen LogP contribution in [0.2, 0.25) is 0 Å². The molecule has 0 aliphatic rings. The number of hydrogen-bond acceptors (Lipinski definition) is 6. The lowest BCUT2D eigenvalue weighted by atomic mass is 10.4. The standard InChI is InChI=1S/C13H24N4O2/c1-4-7-18-8-5-6-15-12-11(14)13(17-9-16-12)19-10(2)3/h9-10H,4-8,14H2,1-3H3,(H,15,16,17). The van der Waals surface area contributed by atoms with E-state index < -0.39 is 0 Å². The quantitative estimate of drug-likeness (QED) is 0.667. The Kier molecular flexibility index (Phi) is 6.95. The van der Waals surface area contributed by atoms with Crippen molar-refractivity contribution in [3.05, 3.63) is 6.33 Å². The van der Waals surface area contributed by atoms with Gasteiger partial charge in [-0.1, -0.05) is 6.92 Å². The zero-order valence-corrected chi connectivity index (χ0v) is 12.0. The summed E-state index contributed by atoms with van der Waals surface area (Å²) < 4.78 is 10.9. The fourth-order valence-corrected chi connectivity index (χ4v) is 1.46. The van der Waals surface area contributed by atoms with Gasteiger partial charge in [0.15, 0.2) is 5.82 Å². The van der Waals surface area contributed by atoms with Crippen LogP contribution >= 0.6 is 0 Å². The summed E-state index contributed by atoms with van der Waals surface area (Å²) in [5.74, 6) is 1.04. The molecule has 0 saturated carbocycles. The fraction of sp³-hybridized carbons (Fsp3) is 0.692. The highest BCUT2D eigenvalue weighted by molar-refractivity contribution is 5.66. The minimum Gasteiger partial charge on any atom is -0.473 e. The predicted molar refractivity (Wildman–Crippen MR) is 76.4 cm³/mol. The Morgan fingerprint density at radius 3 is 2.79 bits per heavy atom. The average molecular weight is 268 g/mol. The monoisotopic (exact) mass is 268 g/mol. The molecule has 1 aromatic rings. The summed E-state index contributed by atoms with van der Waals surface area (Å²) in [5.41, 5.74) is 6.40. The van der Waals surface area contributed by atoms with Crippen LogP contribution in [0.3, 0.4) is 0 Å². The average Bonchev–Trinajstić information content (AvgIpc) is 2.37. The number of nitrogens with one attached hydrogen (secondary N) is 1. The van der Waals surface area contributed by atoms with Crippen molar-refractivity contribution in [2.75, 3.05) is 30.8 Å². The molecule has 1 rings (SSSR count). The molecule has 0 atom stereocenters. The molecule has 6 heteroatoms. The molecule has 6 nitrogen and oxygen atoms in total. The highest BCUT2D eigenvalue weighted by Gasteiger charge is 2.09. The summed E-state index contributed by atoms with van der Waals surface area (Å²) in [4.78, 5) is 8.14. The minimum absolute atomic E-state index is 0.0347. The highest BCUT2D eigenvalue weighted by atomic mass is 16.5. The van der Waals surface area contributed by atoms with Gasteiger partial charge in [0.05, 0.1) is 6.10 Å². The van der Waals surface area contributed by atoms with Crippen molar-refractivity contribution in [1.82, 2.24) is 9.97 Å². The number of nitrogens with zero attached hydrogens (tertiary/aromatic N) is 2. The van der Waals surface area contributed by atoms with Crippen molar-refractivity contribution in [2.24, 2.45) is 0 Å². The van der Waals surface area contributed by atoms with Crippen LogP contribution in [0.15, 0.2) is 6.33 Å². The Hall–Kier alpha value is -1.56. The molecule has 0 unspecified atom stereocenters. The van der Waals surface area contributed by atoms with E-state index in [1.54, 1.807) is 0 Å². The van der Waals surface area contributed by atoms with E-state index in [2.05, 4.69) is 22.2 Å². The minimum atomic E-state index is 0.0347. The van der Waals surface area contributed by atoms with E-state index in [4.69, 9.17) is 15.2 Å². The Morgan fingerprint density at radius 1 is 1.32 bits per heavy atom. The van der Waals surface area contributed by atoms with E-state index in [-0.39, 0.29) is 6.10 Å². The van der Waals surface area contributed by atoms with E-state index in [0.29, 0.717) is 17.4 Å². The number of anilines is 2. The largest absolute Gasteiger partial charge is 0.473 e. The molecular formula is C13H24N4O2. The topological polar surface area (TPSA) is 82.3 Å². The van der Waals surface area contributed by atoms with Crippen LogP contribution < -0.4 is 15.8 Å². The molecule has 108 valence electrons. The third kappa shape index (κ3) is 5.74. The number of nitrogens with two attached hydrogens (primary N) is 1. The Labute approximate surface area is 114 Å². The van der Waals surface area contributed by atoms with Gasteiger partial charge in [0.25, 0.3) is 0 Å².